The number of aliphatic imine (C=N–C) groups is 1. The molecule has 0 aromatic heterocycles. The Hall–Kier alpha value is -0.620. The molecule has 0 radical (unpaired) electrons. The summed E-state index contributed by atoms with van der Waals surface area (Å²) in [4.78, 5) is 18.8. The second kappa shape index (κ2) is 12.1. The van der Waals surface area contributed by atoms with Crippen LogP contribution in [0.3, 0.4) is 0 Å². The van der Waals surface area contributed by atoms with Crippen molar-refractivity contribution in [3.8, 4) is 0 Å². The van der Waals surface area contributed by atoms with Crippen LogP contribution in [-0.2, 0) is 14.8 Å². The molecule has 2 rings (SSSR count). The summed E-state index contributed by atoms with van der Waals surface area (Å²) in [5, 5.41) is 6.56. The molecule has 27 heavy (non-hydrogen) atoms. The van der Waals surface area contributed by atoms with Crippen molar-refractivity contribution in [3.05, 3.63) is 0 Å². The summed E-state index contributed by atoms with van der Waals surface area (Å²) in [5.41, 5.74) is 0. The van der Waals surface area contributed by atoms with Gasteiger partial charge in [-0.1, -0.05) is 19.3 Å². The number of amides is 1. The van der Waals surface area contributed by atoms with Crippen LogP contribution in [0.1, 0.15) is 44.9 Å². The van der Waals surface area contributed by atoms with Gasteiger partial charge in [0.05, 0.1) is 6.26 Å². The summed E-state index contributed by atoms with van der Waals surface area (Å²) < 4.78 is 24.5. The van der Waals surface area contributed by atoms with E-state index in [0.29, 0.717) is 31.4 Å². The minimum absolute atomic E-state index is 0. The molecule has 1 amide bonds. The largest absolute Gasteiger partial charge is 0.356 e. The Balaban J connectivity index is 0.00000364. The van der Waals surface area contributed by atoms with Crippen LogP contribution in [0.5, 0.6) is 0 Å². The average Bonchev–Trinajstić information content (AvgIpc) is 3.08. The van der Waals surface area contributed by atoms with Gasteiger partial charge >= 0.3 is 0 Å². The minimum Gasteiger partial charge on any atom is -0.356 e. The van der Waals surface area contributed by atoms with Gasteiger partial charge in [-0.2, -0.15) is 0 Å². The average molecular weight is 515 g/mol. The monoisotopic (exact) mass is 515 g/mol. The Morgan fingerprint density at radius 1 is 1.15 bits per heavy atom. The van der Waals surface area contributed by atoms with Crippen molar-refractivity contribution in [2.45, 2.75) is 51.0 Å². The van der Waals surface area contributed by atoms with E-state index in [9.17, 15) is 13.2 Å². The summed E-state index contributed by atoms with van der Waals surface area (Å²) in [6.07, 6.45) is 8.44. The maximum absolute atomic E-state index is 12.6. The number of likely N-dealkylation sites (tertiary alicyclic amines) is 1. The number of rotatable bonds is 7. The molecule has 2 fully saturated rings. The molecular formula is C17H34IN5O3S. The second-order valence-corrected chi connectivity index (χ2v) is 9.10. The lowest BCUT2D eigenvalue weighted by Gasteiger charge is -2.26. The predicted octanol–water partition coefficient (Wildman–Crippen LogP) is 0.890. The van der Waals surface area contributed by atoms with E-state index in [4.69, 9.17) is 0 Å². The minimum atomic E-state index is -3.13. The number of hydrogen-bond donors (Lipinski definition) is 3. The van der Waals surface area contributed by atoms with Crippen LogP contribution in [0.15, 0.2) is 4.99 Å². The van der Waals surface area contributed by atoms with Crippen molar-refractivity contribution in [1.29, 1.82) is 0 Å². The highest BCUT2D eigenvalue weighted by atomic mass is 127. The van der Waals surface area contributed by atoms with E-state index in [1.165, 1.54) is 19.3 Å². The van der Waals surface area contributed by atoms with Crippen molar-refractivity contribution >= 4 is 45.9 Å². The molecule has 8 nitrogen and oxygen atoms in total. The van der Waals surface area contributed by atoms with Gasteiger partial charge in [0.1, 0.15) is 0 Å². The van der Waals surface area contributed by atoms with Crippen molar-refractivity contribution in [2.75, 3.05) is 39.5 Å². The van der Waals surface area contributed by atoms with Crippen molar-refractivity contribution in [1.82, 2.24) is 20.3 Å². The van der Waals surface area contributed by atoms with Gasteiger partial charge in [-0.25, -0.2) is 13.1 Å². The number of nitrogens with zero attached hydrogens (tertiary/aromatic N) is 2. The molecule has 1 atom stereocenters. The number of nitrogens with one attached hydrogen (secondary N) is 3. The Kier molecular flexibility index (Phi) is 10.9. The molecule has 1 saturated carbocycles. The van der Waals surface area contributed by atoms with Crippen molar-refractivity contribution < 1.29 is 13.2 Å². The number of sulfonamides is 1. The van der Waals surface area contributed by atoms with E-state index in [0.717, 1.165) is 38.6 Å². The maximum atomic E-state index is 12.6. The fourth-order valence-electron chi connectivity index (χ4n) is 3.63. The summed E-state index contributed by atoms with van der Waals surface area (Å²) in [6.45, 7) is 2.56. The van der Waals surface area contributed by atoms with Gasteiger partial charge in [0.15, 0.2) is 5.96 Å². The normalized spacial score (nSPS) is 21.6. The number of carbonyl (C=O) groups is 1. The molecule has 10 heteroatoms. The van der Waals surface area contributed by atoms with Gasteiger partial charge < -0.3 is 15.5 Å². The van der Waals surface area contributed by atoms with Crippen LogP contribution in [0.2, 0.25) is 0 Å². The van der Waals surface area contributed by atoms with E-state index in [1.807, 2.05) is 4.90 Å². The van der Waals surface area contributed by atoms with Crippen LogP contribution in [0, 0.1) is 5.92 Å². The van der Waals surface area contributed by atoms with Crippen LogP contribution in [0.4, 0.5) is 0 Å². The summed E-state index contributed by atoms with van der Waals surface area (Å²) in [7, 11) is -1.42. The third kappa shape index (κ3) is 8.95. The Morgan fingerprint density at radius 3 is 2.48 bits per heavy atom. The molecule has 1 heterocycles. The highest BCUT2D eigenvalue weighted by Crippen LogP contribution is 2.26. The third-order valence-corrected chi connectivity index (χ3v) is 5.76. The summed E-state index contributed by atoms with van der Waals surface area (Å²) >= 11 is 0. The van der Waals surface area contributed by atoms with Crippen LogP contribution < -0.4 is 15.4 Å². The first kappa shape index (κ1) is 24.4. The Bertz CT molecular complexity index is 593. The molecule has 0 spiro atoms. The number of halogens is 1. The van der Waals surface area contributed by atoms with E-state index in [-0.39, 0.29) is 35.9 Å². The first-order chi connectivity index (χ1) is 12.4. The molecular weight excluding hydrogens is 481 g/mol. The quantitative estimate of drug-likeness (QED) is 0.202. The smallest absolute Gasteiger partial charge is 0.225 e. The second-order valence-electron chi connectivity index (χ2n) is 7.27. The molecule has 1 unspecified atom stereocenters. The third-order valence-electron chi connectivity index (χ3n) is 5.03. The predicted molar refractivity (Wildman–Crippen MR) is 119 cm³/mol. The van der Waals surface area contributed by atoms with Crippen LogP contribution in [-0.4, -0.2) is 70.7 Å². The Morgan fingerprint density at radius 2 is 1.85 bits per heavy atom. The van der Waals surface area contributed by atoms with Gasteiger partial charge in [-0.15, -0.1) is 24.0 Å². The molecule has 3 N–H and O–H groups in total. The molecule has 0 bridgehead atoms. The number of guanidine groups is 1. The first-order valence-electron chi connectivity index (χ1n) is 9.59. The van der Waals surface area contributed by atoms with Crippen LogP contribution >= 0.6 is 24.0 Å². The topological polar surface area (TPSA) is 103 Å². The van der Waals surface area contributed by atoms with E-state index in [1.54, 1.807) is 7.05 Å². The van der Waals surface area contributed by atoms with E-state index >= 15 is 0 Å². The molecule has 0 aromatic rings. The summed E-state index contributed by atoms with van der Waals surface area (Å²) in [6, 6.07) is 0.211. The molecule has 1 aliphatic heterocycles. The SMILES string of the molecule is CN=C(NCCCNS(C)(=O)=O)NC1CCN(C(=O)C2CCCCC2)C1.I. The van der Waals surface area contributed by atoms with E-state index in [2.05, 4.69) is 20.3 Å². The standard InChI is InChI=1S/C17H33N5O3S.HI/c1-18-17(19-10-6-11-20-26(2,24)25)21-15-9-12-22(13-15)16(23)14-7-4-3-5-8-14;/h14-15,20H,3-13H2,1-2H3,(H2,18,19,21);1H. The maximum Gasteiger partial charge on any atom is 0.225 e. The van der Waals surface area contributed by atoms with E-state index < -0.39 is 10.0 Å². The van der Waals surface area contributed by atoms with Gasteiger partial charge in [0.2, 0.25) is 15.9 Å². The lowest BCUT2D eigenvalue weighted by atomic mass is 9.88. The highest BCUT2D eigenvalue weighted by Gasteiger charge is 2.31. The van der Waals surface area contributed by atoms with Crippen molar-refractivity contribution in [3.63, 3.8) is 0 Å². The fourth-order valence-corrected chi connectivity index (χ4v) is 4.14. The number of carbonyl (C=O) groups excluding carboxylic acids is 1. The zero-order valence-electron chi connectivity index (χ0n) is 16.4. The van der Waals surface area contributed by atoms with Crippen molar-refractivity contribution in [2.24, 2.45) is 10.9 Å². The zero-order valence-corrected chi connectivity index (χ0v) is 19.5. The van der Waals surface area contributed by atoms with Gasteiger partial charge in [-0.05, 0) is 25.7 Å². The zero-order chi connectivity index (χ0) is 19.0. The highest BCUT2D eigenvalue weighted by molar-refractivity contribution is 14.0. The lowest BCUT2D eigenvalue weighted by Crippen LogP contribution is -2.46. The molecule has 1 aliphatic carbocycles. The lowest BCUT2D eigenvalue weighted by molar-refractivity contribution is -0.135. The van der Waals surface area contributed by atoms with Crippen LogP contribution in [0.25, 0.3) is 0 Å². The molecule has 0 aromatic carbocycles. The first-order valence-corrected chi connectivity index (χ1v) is 11.5. The van der Waals surface area contributed by atoms with Gasteiger partial charge in [0.25, 0.3) is 0 Å². The summed E-state index contributed by atoms with van der Waals surface area (Å²) in [5.74, 6) is 1.24. The fraction of sp³-hybridized carbons (Fsp3) is 0.882. The Labute approximate surface area is 180 Å². The molecule has 2 aliphatic rings. The number of hydrogen-bond acceptors (Lipinski definition) is 4. The van der Waals surface area contributed by atoms with Gasteiger partial charge in [0, 0.05) is 45.2 Å². The molecule has 1 saturated heterocycles. The van der Waals surface area contributed by atoms with Gasteiger partial charge in [-0.3, -0.25) is 9.79 Å². The molecule has 158 valence electrons.